The average Bonchev–Trinajstić information content (AvgIpc) is 2.83. The second kappa shape index (κ2) is 5.20. The predicted octanol–water partition coefficient (Wildman–Crippen LogP) is 2.10. The molecule has 2 aromatic rings. The number of rotatable bonds is 4. The van der Waals surface area contributed by atoms with Gasteiger partial charge in [0, 0.05) is 11.9 Å². The van der Waals surface area contributed by atoms with Gasteiger partial charge in [0.25, 0.3) is 10.0 Å². The van der Waals surface area contributed by atoms with Gasteiger partial charge in [-0.1, -0.05) is 17.7 Å². The molecule has 0 saturated heterocycles. The molecule has 0 aliphatic carbocycles. The third kappa shape index (κ3) is 2.89. The van der Waals surface area contributed by atoms with Crippen molar-refractivity contribution in [2.24, 2.45) is 0 Å². The zero-order chi connectivity index (χ0) is 14.0. The highest BCUT2D eigenvalue weighted by atomic mass is 35.5. The van der Waals surface area contributed by atoms with E-state index in [1.807, 2.05) is 0 Å². The number of halogens is 2. The van der Waals surface area contributed by atoms with Gasteiger partial charge in [0.2, 0.25) is 0 Å². The number of nitrogens with one attached hydrogen (secondary N) is 2. The van der Waals surface area contributed by atoms with Crippen LogP contribution in [-0.2, 0) is 16.6 Å². The molecule has 5 nitrogen and oxygen atoms in total. The zero-order valence-corrected chi connectivity index (χ0v) is 11.1. The highest BCUT2D eigenvalue weighted by molar-refractivity contribution is 7.92. The van der Waals surface area contributed by atoms with E-state index < -0.39 is 15.8 Å². The smallest absolute Gasteiger partial charge is 0.263 e. The molecule has 0 unspecified atom stereocenters. The molecule has 1 aromatic heterocycles. The molecule has 1 heterocycles. The fourth-order valence-corrected chi connectivity index (χ4v) is 2.83. The number of H-pyrrole nitrogens is 1. The Kier molecular flexibility index (Phi) is 3.79. The van der Waals surface area contributed by atoms with E-state index in [0.29, 0.717) is 5.69 Å². The van der Waals surface area contributed by atoms with Crippen molar-refractivity contribution >= 4 is 27.3 Å². The number of aliphatic hydroxyl groups is 1. The maximum Gasteiger partial charge on any atom is 0.263 e. The minimum Gasteiger partial charge on any atom is -0.390 e. The van der Waals surface area contributed by atoms with Gasteiger partial charge in [0.15, 0.2) is 0 Å². The van der Waals surface area contributed by atoms with Crippen molar-refractivity contribution in [1.29, 1.82) is 0 Å². The molecule has 0 bridgehead atoms. The minimum absolute atomic E-state index is 0.0403. The second-order valence-corrected chi connectivity index (χ2v) is 5.81. The number of anilines is 1. The van der Waals surface area contributed by atoms with Crippen LogP contribution >= 0.6 is 11.6 Å². The number of benzene rings is 1. The Morgan fingerprint density at radius 3 is 2.74 bits per heavy atom. The largest absolute Gasteiger partial charge is 0.390 e. The molecule has 19 heavy (non-hydrogen) atoms. The van der Waals surface area contributed by atoms with Crippen molar-refractivity contribution in [3.8, 4) is 0 Å². The lowest BCUT2D eigenvalue weighted by Gasteiger charge is -2.08. The van der Waals surface area contributed by atoms with E-state index in [2.05, 4.69) is 9.71 Å². The monoisotopic (exact) mass is 304 g/mol. The highest BCUT2D eigenvalue weighted by Crippen LogP contribution is 2.27. The third-order valence-corrected chi connectivity index (χ3v) is 4.04. The summed E-state index contributed by atoms with van der Waals surface area (Å²) in [6, 6.07) is 5.09. The number of aromatic nitrogens is 1. The number of hydrogen-bond acceptors (Lipinski definition) is 3. The fraction of sp³-hybridized carbons (Fsp3) is 0.0909. The first kappa shape index (κ1) is 13.9. The summed E-state index contributed by atoms with van der Waals surface area (Å²) in [7, 11) is -3.96. The molecular weight excluding hydrogens is 295 g/mol. The van der Waals surface area contributed by atoms with Crippen LogP contribution in [0.4, 0.5) is 10.1 Å². The number of para-hydroxylation sites is 1. The normalized spacial score (nSPS) is 11.5. The molecule has 0 saturated carbocycles. The van der Waals surface area contributed by atoms with Gasteiger partial charge in [-0.25, -0.2) is 12.8 Å². The molecule has 3 N–H and O–H groups in total. The lowest BCUT2D eigenvalue weighted by molar-refractivity contribution is 0.277. The maximum absolute atomic E-state index is 13.5. The summed E-state index contributed by atoms with van der Waals surface area (Å²) in [5.41, 5.74) is 0.0240. The predicted molar refractivity (Wildman–Crippen MR) is 68.9 cm³/mol. The van der Waals surface area contributed by atoms with Gasteiger partial charge in [-0.05, 0) is 18.2 Å². The van der Waals surface area contributed by atoms with E-state index in [0.717, 1.165) is 6.07 Å². The van der Waals surface area contributed by atoms with E-state index in [9.17, 15) is 12.8 Å². The van der Waals surface area contributed by atoms with Crippen LogP contribution in [0.15, 0.2) is 35.4 Å². The van der Waals surface area contributed by atoms with Gasteiger partial charge >= 0.3 is 0 Å². The van der Waals surface area contributed by atoms with Crippen LogP contribution in [0.25, 0.3) is 0 Å². The van der Waals surface area contributed by atoms with Crippen LogP contribution in [0.2, 0.25) is 5.02 Å². The topological polar surface area (TPSA) is 82.2 Å². The molecule has 1 aromatic carbocycles. The van der Waals surface area contributed by atoms with Crippen molar-refractivity contribution in [1.82, 2.24) is 4.98 Å². The molecule has 0 aliphatic heterocycles. The van der Waals surface area contributed by atoms with E-state index in [1.54, 1.807) is 0 Å². The molecule has 0 atom stereocenters. The third-order valence-electron chi connectivity index (χ3n) is 2.40. The van der Waals surface area contributed by atoms with Gasteiger partial charge in [-0.15, -0.1) is 0 Å². The zero-order valence-electron chi connectivity index (χ0n) is 9.52. The SMILES string of the molecule is O=S(=O)(Nc1c(F)cccc1Cl)c1c[nH]c(CO)c1. The molecule has 2 rings (SSSR count). The molecular formula is C11H10ClFN2O3S. The Labute approximate surface area is 114 Å². The Morgan fingerprint density at radius 2 is 2.16 bits per heavy atom. The van der Waals surface area contributed by atoms with Crippen molar-refractivity contribution < 1.29 is 17.9 Å². The van der Waals surface area contributed by atoms with Gasteiger partial charge in [-0.3, -0.25) is 4.72 Å². The van der Waals surface area contributed by atoms with Crippen LogP contribution in [0, 0.1) is 5.82 Å². The first-order valence-corrected chi connectivity index (χ1v) is 7.05. The standard InChI is InChI=1S/C11H10ClFN2O3S/c12-9-2-1-3-10(13)11(9)15-19(17,18)8-4-7(6-16)14-5-8/h1-5,14-16H,6H2. The van der Waals surface area contributed by atoms with E-state index in [1.165, 1.54) is 24.4 Å². The van der Waals surface area contributed by atoms with Gasteiger partial charge in [0.1, 0.15) is 16.4 Å². The quantitative estimate of drug-likeness (QED) is 0.809. The van der Waals surface area contributed by atoms with E-state index >= 15 is 0 Å². The van der Waals surface area contributed by atoms with Gasteiger partial charge in [-0.2, -0.15) is 0 Å². The maximum atomic E-state index is 13.5. The summed E-state index contributed by atoms with van der Waals surface area (Å²) in [5, 5.41) is 8.83. The first-order chi connectivity index (χ1) is 8.94. The van der Waals surface area contributed by atoms with Crippen LogP contribution < -0.4 is 4.72 Å². The van der Waals surface area contributed by atoms with Crippen LogP contribution in [0.3, 0.4) is 0 Å². The van der Waals surface area contributed by atoms with Crippen LogP contribution in [0.5, 0.6) is 0 Å². The van der Waals surface area contributed by atoms with E-state index in [-0.39, 0.29) is 22.2 Å². The average molecular weight is 305 g/mol. The molecule has 0 spiro atoms. The summed E-state index contributed by atoms with van der Waals surface area (Å²) in [6.45, 7) is -0.323. The van der Waals surface area contributed by atoms with Crippen LogP contribution in [-0.4, -0.2) is 18.5 Å². The summed E-state index contributed by atoms with van der Waals surface area (Å²) >= 11 is 5.74. The van der Waals surface area contributed by atoms with Crippen molar-refractivity contribution in [2.45, 2.75) is 11.5 Å². The molecule has 0 aliphatic rings. The summed E-state index contributed by atoms with van der Waals surface area (Å²) in [4.78, 5) is 2.47. The Bertz CT molecular complexity index is 679. The molecule has 0 radical (unpaired) electrons. The Morgan fingerprint density at radius 1 is 1.42 bits per heavy atom. The lowest BCUT2D eigenvalue weighted by Crippen LogP contribution is -2.13. The van der Waals surface area contributed by atoms with Crippen molar-refractivity contribution in [3.05, 3.63) is 47.0 Å². The van der Waals surface area contributed by atoms with Gasteiger partial charge < -0.3 is 10.1 Å². The fourth-order valence-electron chi connectivity index (χ4n) is 1.45. The van der Waals surface area contributed by atoms with Crippen LogP contribution in [0.1, 0.15) is 5.69 Å². The molecule has 0 fully saturated rings. The molecule has 102 valence electrons. The van der Waals surface area contributed by atoms with E-state index in [4.69, 9.17) is 16.7 Å². The Balaban J connectivity index is 2.36. The second-order valence-electron chi connectivity index (χ2n) is 3.72. The first-order valence-electron chi connectivity index (χ1n) is 5.19. The number of aliphatic hydroxyl groups excluding tert-OH is 1. The number of sulfonamides is 1. The molecule has 8 heteroatoms. The number of aromatic amines is 1. The summed E-state index contributed by atoms with van der Waals surface area (Å²) < 4.78 is 39.6. The summed E-state index contributed by atoms with van der Waals surface area (Å²) in [5.74, 6) is -0.769. The van der Waals surface area contributed by atoms with Crippen molar-refractivity contribution in [3.63, 3.8) is 0 Å². The molecule has 0 amide bonds. The lowest BCUT2D eigenvalue weighted by atomic mass is 10.3. The summed E-state index contributed by atoms with van der Waals surface area (Å²) in [6.07, 6.45) is 1.20. The Hall–Kier alpha value is -1.57. The highest BCUT2D eigenvalue weighted by Gasteiger charge is 2.19. The number of hydrogen-bond donors (Lipinski definition) is 3. The van der Waals surface area contributed by atoms with Crippen molar-refractivity contribution in [2.75, 3.05) is 4.72 Å². The minimum atomic E-state index is -3.96. The van der Waals surface area contributed by atoms with Gasteiger partial charge in [0.05, 0.1) is 11.6 Å².